The number of hydrogen-bond donors (Lipinski definition) is 0. The number of nitrogens with zero attached hydrogens (tertiary/aromatic N) is 3. The molecule has 0 saturated carbocycles. The van der Waals surface area contributed by atoms with Crippen LogP contribution in [-0.2, 0) is 4.79 Å². The zero-order valence-electron chi connectivity index (χ0n) is 15.3. The Morgan fingerprint density at radius 1 is 1.08 bits per heavy atom. The van der Waals surface area contributed by atoms with Crippen molar-refractivity contribution in [2.75, 3.05) is 51.2 Å². The van der Waals surface area contributed by atoms with Crippen LogP contribution in [0.4, 0.5) is 10.1 Å². The van der Waals surface area contributed by atoms with Gasteiger partial charge in [0.05, 0.1) is 0 Å². The Labute approximate surface area is 150 Å². The van der Waals surface area contributed by atoms with Crippen LogP contribution in [0.1, 0.15) is 32.1 Å². The van der Waals surface area contributed by atoms with Crippen LogP contribution in [0.2, 0.25) is 0 Å². The summed E-state index contributed by atoms with van der Waals surface area (Å²) in [6, 6.07) is 6.66. The summed E-state index contributed by atoms with van der Waals surface area (Å²) < 4.78 is 13.1. The summed E-state index contributed by atoms with van der Waals surface area (Å²) in [6.07, 6.45) is 5.17. The largest absolute Gasteiger partial charge is 0.370 e. The Kier molecular flexibility index (Phi) is 6.29. The minimum Gasteiger partial charge on any atom is -0.370 e. The number of halogens is 1. The van der Waals surface area contributed by atoms with Gasteiger partial charge in [-0.1, -0.05) is 0 Å². The number of piperidine rings is 1. The van der Waals surface area contributed by atoms with Crippen molar-refractivity contribution in [3.05, 3.63) is 30.1 Å². The molecule has 0 bridgehead atoms. The molecule has 25 heavy (non-hydrogen) atoms. The fourth-order valence-corrected chi connectivity index (χ4v) is 4.07. The normalized spacial score (nSPS) is 22.7. The molecule has 1 unspecified atom stereocenters. The van der Waals surface area contributed by atoms with Crippen LogP contribution >= 0.6 is 0 Å². The maximum absolute atomic E-state index is 13.1. The third kappa shape index (κ3) is 5.18. The predicted octanol–water partition coefficient (Wildman–Crippen LogP) is 2.99. The van der Waals surface area contributed by atoms with Gasteiger partial charge < -0.3 is 14.7 Å². The van der Waals surface area contributed by atoms with E-state index in [9.17, 15) is 9.18 Å². The second-order valence-corrected chi connectivity index (χ2v) is 7.51. The van der Waals surface area contributed by atoms with Gasteiger partial charge in [-0.2, -0.15) is 0 Å². The van der Waals surface area contributed by atoms with Crippen LogP contribution in [0, 0.1) is 11.7 Å². The standard InChI is InChI=1S/C20H30FN3O/c1-22-11-2-4-17(16-22)5-10-20(25)24-13-3-12-23(14-15-24)19-8-6-18(21)7-9-19/h6-9,17H,2-5,10-16H2,1H3. The summed E-state index contributed by atoms with van der Waals surface area (Å²) in [7, 11) is 2.17. The van der Waals surface area contributed by atoms with E-state index < -0.39 is 0 Å². The van der Waals surface area contributed by atoms with Crippen LogP contribution in [0.25, 0.3) is 0 Å². The van der Waals surface area contributed by atoms with Crippen LogP contribution < -0.4 is 4.90 Å². The first-order chi connectivity index (χ1) is 12.1. The number of carbonyl (C=O) groups is 1. The quantitative estimate of drug-likeness (QED) is 0.838. The Hall–Kier alpha value is -1.62. The van der Waals surface area contributed by atoms with Gasteiger partial charge in [-0.15, -0.1) is 0 Å². The van der Waals surface area contributed by atoms with Gasteiger partial charge >= 0.3 is 0 Å². The van der Waals surface area contributed by atoms with Crippen LogP contribution in [-0.4, -0.2) is 62.0 Å². The van der Waals surface area contributed by atoms with E-state index in [1.807, 2.05) is 17.0 Å². The molecule has 1 aromatic carbocycles. The predicted molar refractivity (Wildman–Crippen MR) is 99.3 cm³/mol. The van der Waals surface area contributed by atoms with Crippen LogP contribution in [0.5, 0.6) is 0 Å². The maximum atomic E-state index is 13.1. The summed E-state index contributed by atoms with van der Waals surface area (Å²) >= 11 is 0. The molecule has 2 heterocycles. The summed E-state index contributed by atoms with van der Waals surface area (Å²) in [4.78, 5) is 19.3. The highest BCUT2D eigenvalue weighted by Gasteiger charge is 2.22. The lowest BCUT2D eigenvalue weighted by atomic mass is 9.93. The van der Waals surface area contributed by atoms with E-state index in [1.54, 1.807) is 0 Å². The molecule has 0 aliphatic carbocycles. The van der Waals surface area contributed by atoms with Gasteiger partial charge in [-0.05, 0) is 69.5 Å². The number of likely N-dealkylation sites (tertiary alicyclic amines) is 1. The molecule has 5 heteroatoms. The number of benzene rings is 1. The molecule has 0 radical (unpaired) electrons. The summed E-state index contributed by atoms with van der Waals surface area (Å²) in [5.41, 5.74) is 1.04. The van der Waals surface area contributed by atoms with Crippen molar-refractivity contribution < 1.29 is 9.18 Å². The average Bonchev–Trinajstić information content (AvgIpc) is 2.87. The van der Waals surface area contributed by atoms with Crippen molar-refractivity contribution in [3.8, 4) is 0 Å². The van der Waals surface area contributed by atoms with E-state index in [4.69, 9.17) is 0 Å². The minimum atomic E-state index is -0.205. The first-order valence-electron chi connectivity index (χ1n) is 9.58. The smallest absolute Gasteiger partial charge is 0.222 e. The van der Waals surface area contributed by atoms with Crippen molar-refractivity contribution in [3.63, 3.8) is 0 Å². The third-order valence-corrected chi connectivity index (χ3v) is 5.53. The summed E-state index contributed by atoms with van der Waals surface area (Å²) in [5.74, 6) is 0.767. The van der Waals surface area contributed by atoms with Gasteiger partial charge in [0.15, 0.2) is 0 Å². The SMILES string of the molecule is CN1CCCC(CCC(=O)N2CCCN(c3ccc(F)cc3)CC2)C1. The van der Waals surface area contributed by atoms with Crippen molar-refractivity contribution in [1.82, 2.24) is 9.80 Å². The molecule has 2 aliphatic heterocycles. The first-order valence-corrected chi connectivity index (χ1v) is 9.58. The van der Waals surface area contributed by atoms with Crippen LogP contribution in [0.3, 0.4) is 0 Å². The Bertz CT molecular complexity index is 563. The maximum Gasteiger partial charge on any atom is 0.222 e. The molecule has 2 aliphatic rings. The highest BCUT2D eigenvalue weighted by molar-refractivity contribution is 5.76. The molecule has 0 N–H and O–H groups in total. The monoisotopic (exact) mass is 347 g/mol. The molecule has 2 saturated heterocycles. The second kappa shape index (κ2) is 8.65. The second-order valence-electron chi connectivity index (χ2n) is 7.51. The molecule has 0 spiro atoms. The van der Waals surface area contributed by atoms with Gasteiger partial charge in [0, 0.05) is 44.8 Å². The van der Waals surface area contributed by atoms with E-state index in [0.717, 1.165) is 51.3 Å². The molecule has 4 nitrogen and oxygen atoms in total. The lowest BCUT2D eigenvalue weighted by molar-refractivity contribution is -0.131. The van der Waals surface area contributed by atoms with Crippen LogP contribution in [0.15, 0.2) is 24.3 Å². The molecule has 0 aromatic heterocycles. The highest BCUT2D eigenvalue weighted by atomic mass is 19.1. The minimum absolute atomic E-state index is 0.205. The van der Waals surface area contributed by atoms with E-state index in [0.29, 0.717) is 18.2 Å². The zero-order chi connectivity index (χ0) is 17.6. The van der Waals surface area contributed by atoms with Gasteiger partial charge in [0.1, 0.15) is 5.82 Å². The van der Waals surface area contributed by atoms with E-state index in [2.05, 4.69) is 16.8 Å². The zero-order valence-corrected chi connectivity index (χ0v) is 15.3. The molecular weight excluding hydrogens is 317 g/mol. The Balaban J connectivity index is 1.47. The van der Waals surface area contributed by atoms with E-state index in [1.165, 1.54) is 31.5 Å². The molecular formula is C20H30FN3O. The van der Waals surface area contributed by atoms with Gasteiger partial charge in [-0.3, -0.25) is 4.79 Å². The van der Waals surface area contributed by atoms with Crippen molar-refractivity contribution in [2.45, 2.75) is 32.1 Å². The Morgan fingerprint density at radius 2 is 1.88 bits per heavy atom. The summed E-state index contributed by atoms with van der Waals surface area (Å²) in [5, 5.41) is 0. The molecule has 1 atom stereocenters. The molecule has 138 valence electrons. The van der Waals surface area contributed by atoms with E-state index >= 15 is 0 Å². The lowest BCUT2D eigenvalue weighted by Crippen LogP contribution is -2.36. The average molecular weight is 347 g/mol. The highest BCUT2D eigenvalue weighted by Crippen LogP contribution is 2.21. The fourth-order valence-electron chi connectivity index (χ4n) is 4.07. The van der Waals surface area contributed by atoms with Gasteiger partial charge in [0.2, 0.25) is 5.91 Å². The van der Waals surface area contributed by atoms with Crippen molar-refractivity contribution in [1.29, 1.82) is 0 Å². The number of carbonyl (C=O) groups excluding carboxylic acids is 1. The molecule has 1 amide bonds. The van der Waals surface area contributed by atoms with Gasteiger partial charge in [0.25, 0.3) is 0 Å². The number of hydrogen-bond acceptors (Lipinski definition) is 3. The van der Waals surface area contributed by atoms with Gasteiger partial charge in [-0.25, -0.2) is 4.39 Å². The number of anilines is 1. The lowest BCUT2D eigenvalue weighted by Gasteiger charge is -2.30. The third-order valence-electron chi connectivity index (χ3n) is 5.53. The first kappa shape index (κ1) is 18.2. The van der Waals surface area contributed by atoms with Crippen molar-refractivity contribution in [2.24, 2.45) is 5.92 Å². The topological polar surface area (TPSA) is 26.8 Å². The number of amides is 1. The van der Waals surface area contributed by atoms with E-state index in [-0.39, 0.29) is 5.82 Å². The number of rotatable bonds is 4. The fraction of sp³-hybridized carbons (Fsp3) is 0.650. The molecule has 3 rings (SSSR count). The van der Waals surface area contributed by atoms with Crippen molar-refractivity contribution >= 4 is 11.6 Å². The summed E-state index contributed by atoms with van der Waals surface area (Å²) in [6.45, 7) is 5.66. The Morgan fingerprint density at radius 3 is 2.64 bits per heavy atom. The molecule has 2 fully saturated rings. The molecule has 1 aromatic rings.